The van der Waals surface area contributed by atoms with E-state index in [1.54, 1.807) is 11.3 Å². The first-order chi connectivity index (χ1) is 20.2. The third kappa shape index (κ3) is 3.80. The maximum atomic E-state index is 12.4. The van der Waals surface area contributed by atoms with Gasteiger partial charge in [0, 0.05) is 57.5 Å². The molecule has 8 rings (SSSR count). The number of rotatable bonds is 4. The maximum absolute atomic E-state index is 12.4. The van der Waals surface area contributed by atoms with Crippen molar-refractivity contribution in [3.63, 3.8) is 0 Å². The number of fused-ring (bicyclic) bond motifs is 7. The summed E-state index contributed by atoms with van der Waals surface area (Å²) in [5.74, 6) is 0.0638. The molecule has 4 heteroatoms. The lowest BCUT2D eigenvalue weighted by molar-refractivity contribution is -0.128. The highest BCUT2D eigenvalue weighted by atomic mass is 32.1. The molecule has 0 atom stereocenters. The molecule has 0 aliphatic rings. The van der Waals surface area contributed by atoms with Crippen LogP contribution in [-0.2, 0) is 4.79 Å². The van der Waals surface area contributed by atoms with Gasteiger partial charge in [-0.15, -0.1) is 22.7 Å². The SMILES string of the molecule is C=CC(=O)Oc1ccc2cc(-c3cccc4c3sc3ccccc34)ccc2c1-c1cccc2c1sc1ccccc12. The van der Waals surface area contributed by atoms with Gasteiger partial charge in [-0.2, -0.15) is 0 Å². The third-order valence-electron chi connectivity index (χ3n) is 7.75. The molecule has 0 bridgehead atoms. The number of hydrogen-bond acceptors (Lipinski definition) is 4. The fourth-order valence-corrected chi connectivity index (χ4v) is 8.37. The van der Waals surface area contributed by atoms with Gasteiger partial charge in [-0.3, -0.25) is 0 Å². The number of ether oxygens (including phenoxy) is 1. The molecular weight excluding hydrogens is 541 g/mol. The molecule has 2 aromatic heterocycles. The molecule has 0 fully saturated rings. The summed E-state index contributed by atoms with van der Waals surface area (Å²) in [6.45, 7) is 3.61. The second-order valence-corrected chi connectivity index (χ2v) is 12.2. The van der Waals surface area contributed by atoms with E-state index in [4.69, 9.17) is 4.74 Å². The lowest BCUT2D eigenvalue weighted by Gasteiger charge is -2.15. The molecule has 0 radical (unpaired) electrons. The molecule has 2 nitrogen and oxygen atoms in total. The average Bonchev–Trinajstić information content (AvgIpc) is 3.59. The summed E-state index contributed by atoms with van der Waals surface area (Å²) in [6.07, 6.45) is 1.21. The van der Waals surface area contributed by atoms with E-state index in [1.165, 1.54) is 52.0 Å². The van der Waals surface area contributed by atoms with Crippen molar-refractivity contribution in [3.05, 3.63) is 128 Å². The predicted octanol–water partition coefficient (Wildman–Crippen LogP) is 11.0. The van der Waals surface area contributed by atoms with Gasteiger partial charge in [0.05, 0.1) is 0 Å². The summed E-state index contributed by atoms with van der Waals surface area (Å²) in [5.41, 5.74) is 4.36. The first-order valence-corrected chi connectivity index (χ1v) is 15.1. The highest BCUT2D eigenvalue weighted by Gasteiger charge is 2.19. The van der Waals surface area contributed by atoms with Gasteiger partial charge in [0.2, 0.25) is 0 Å². The van der Waals surface area contributed by atoms with Gasteiger partial charge in [0.1, 0.15) is 5.75 Å². The zero-order chi connectivity index (χ0) is 27.5. The Labute approximate surface area is 244 Å². The van der Waals surface area contributed by atoms with Crippen molar-refractivity contribution < 1.29 is 9.53 Å². The van der Waals surface area contributed by atoms with Gasteiger partial charge in [-0.25, -0.2) is 4.79 Å². The summed E-state index contributed by atoms with van der Waals surface area (Å²) < 4.78 is 10.8. The number of esters is 1. The van der Waals surface area contributed by atoms with Crippen molar-refractivity contribution in [1.82, 2.24) is 0 Å². The lowest BCUT2D eigenvalue weighted by atomic mass is 9.93. The van der Waals surface area contributed by atoms with Crippen molar-refractivity contribution in [2.24, 2.45) is 0 Å². The predicted molar refractivity (Wildman–Crippen MR) is 176 cm³/mol. The van der Waals surface area contributed by atoms with E-state index in [0.29, 0.717) is 5.75 Å². The van der Waals surface area contributed by atoms with Crippen LogP contribution >= 0.6 is 22.7 Å². The van der Waals surface area contributed by atoms with Gasteiger partial charge in [0.15, 0.2) is 0 Å². The lowest BCUT2D eigenvalue weighted by Crippen LogP contribution is -2.04. The molecule has 0 unspecified atom stereocenters. The molecule has 0 amide bonds. The van der Waals surface area contributed by atoms with Gasteiger partial charge < -0.3 is 4.74 Å². The van der Waals surface area contributed by atoms with Crippen molar-refractivity contribution >= 4 is 79.8 Å². The van der Waals surface area contributed by atoms with E-state index in [2.05, 4.69) is 110 Å². The van der Waals surface area contributed by atoms with E-state index >= 15 is 0 Å². The zero-order valence-electron chi connectivity index (χ0n) is 21.9. The first-order valence-electron chi connectivity index (χ1n) is 13.4. The van der Waals surface area contributed by atoms with Crippen LogP contribution in [0.3, 0.4) is 0 Å². The van der Waals surface area contributed by atoms with Gasteiger partial charge in [0.25, 0.3) is 0 Å². The minimum Gasteiger partial charge on any atom is -0.423 e. The van der Waals surface area contributed by atoms with Crippen molar-refractivity contribution in [3.8, 4) is 28.0 Å². The van der Waals surface area contributed by atoms with Crippen LogP contribution in [0.2, 0.25) is 0 Å². The molecular formula is C37H22O2S2. The Hall–Kier alpha value is -4.77. The molecule has 0 saturated carbocycles. The summed E-state index contributed by atoms with van der Waals surface area (Å²) >= 11 is 3.61. The fourth-order valence-electron chi connectivity index (χ4n) is 5.91. The molecule has 2 heterocycles. The smallest absolute Gasteiger partial charge is 0.335 e. The van der Waals surface area contributed by atoms with Crippen LogP contribution in [0.15, 0.2) is 128 Å². The van der Waals surface area contributed by atoms with Crippen molar-refractivity contribution in [2.45, 2.75) is 0 Å². The second-order valence-electron chi connectivity index (χ2n) is 10.1. The van der Waals surface area contributed by atoms with Crippen molar-refractivity contribution in [2.75, 3.05) is 0 Å². The minimum absolute atomic E-state index is 0.470. The second kappa shape index (κ2) is 9.41. The minimum atomic E-state index is -0.470. The van der Waals surface area contributed by atoms with Crippen LogP contribution in [0.25, 0.3) is 73.4 Å². The molecule has 0 aliphatic heterocycles. The number of hydrogen-bond donors (Lipinski definition) is 0. The van der Waals surface area contributed by atoms with Crippen LogP contribution in [0.5, 0.6) is 5.75 Å². The normalized spacial score (nSPS) is 11.6. The number of carbonyl (C=O) groups excluding carboxylic acids is 1. The van der Waals surface area contributed by atoms with Crippen molar-refractivity contribution in [1.29, 1.82) is 0 Å². The highest BCUT2D eigenvalue weighted by molar-refractivity contribution is 7.26. The van der Waals surface area contributed by atoms with Crippen LogP contribution in [0.1, 0.15) is 0 Å². The quantitative estimate of drug-likeness (QED) is 0.121. The number of benzene rings is 6. The standard InChI is InChI=1S/C37H22O2S2/c1-2-34(38)39-31-20-18-22-21-23(25-11-7-12-28-26-9-3-5-15-32(26)40-36(25)28)17-19-24(22)35(31)30-14-8-13-29-27-10-4-6-16-33(27)41-37(29)30/h2-21H,1H2. The Morgan fingerprint density at radius 3 is 1.90 bits per heavy atom. The van der Waals surface area contributed by atoms with Gasteiger partial charge in [-0.05, 0) is 46.2 Å². The molecule has 0 spiro atoms. The monoisotopic (exact) mass is 562 g/mol. The number of carbonyl (C=O) groups is 1. The first kappa shape index (κ1) is 24.1. The van der Waals surface area contributed by atoms with E-state index in [9.17, 15) is 4.79 Å². The van der Waals surface area contributed by atoms with Crippen LogP contribution in [-0.4, -0.2) is 5.97 Å². The van der Waals surface area contributed by atoms with E-state index in [-0.39, 0.29) is 0 Å². The van der Waals surface area contributed by atoms with Crippen LogP contribution in [0, 0.1) is 0 Å². The Bertz CT molecular complexity index is 2340. The Kier molecular flexibility index (Phi) is 5.52. The van der Waals surface area contributed by atoms with Gasteiger partial charge in [-0.1, -0.05) is 97.6 Å². The molecule has 8 aromatic rings. The molecule has 0 N–H and O–H groups in total. The molecule has 0 saturated heterocycles. The summed E-state index contributed by atoms with van der Waals surface area (Å²) in [7, 11) is 0. The maximum Gasteiger partial charge on any atom is 0.335 e. The summed E-state index contributed by atoms with van der Waals surface area (Å²) in [4.78, 5) is 12.4. The molecule has 6 aromatic carbocycles. The van der Waals surface area contributed by atoms with Crippen LogP contribution < -0.4 is 4.74 Å². The summed E-state index contributed by atoms with van der Waals surface area (Å²) in [5, 5.41) is 7.14. The topological polar surface area (TPSA) is 26.3 Å². The molecule has 194 valence electrons. The summed E-state index contributed by atoms with van der Waals surface area (Å²) in [6, 6.07) is 40.6. The largest absolute Gasteiger partial charge is 0.423 e. The Balaban J connectivity index is 1.38. The zero-order valence-corrected chi connectivity index (χ0v) is 23.5. The van der Waals surface area contributed by atoms with Gasteiger partial charge >= 0.3 is 5.97 Å². The number of thiophene rings is 2. The Morgan fingerprint density at radius 1 is 0.610 bits per heavy atom. The van der Waals surface area contributed by atoms with E-state index < -0.39 is 5.97 Å². The Morgan fingerprint density at radius 2 is 1.22 bits per heavy atom. The highest BCUT2D eigenvalue weighted by Crippen LogP contribution is 2.46. The fraction of sp³-hybridized carbons (Fsp3) is 0. The van der Waals surface area contributed by atoms with E-state index in [0.717, 1.165) is 27.5 Å². The average molecular weight is 563 g/mol. The van der Waals surface area contributed by atoms with E-state index in [1.807, 2.05) is 23.5 Å². The third-order valence-corrected chi connectivity index (χ3v) is 10.2. The van der Waals surface area contributed by atoms with Crippen LogP contribution in [0.4, 0.5) is 0 Å². The molecule has 41 heavy (non-hydrogen) atoms. The molecule has 0 aliphatic carbocycles.